The Balaban J connectivity index is 1.95. The first-order valence-corrected chi connectivity index (χ1v) is 6.84. The van der Waals surface area contributed by atoms with E-state index in [1.165, 1.54) is 0 Å². The van der Waals surface area contributed by atoms with Crippen LogP contribution in [0.5, 0.6) is 0 Å². The van der Waals surface area contributed by atoms with E-state index in [0.717, 1.165) is 5.57 Å². The zero-order valence-corrected chi connectivity index (χ0v) is 11.5. The number of epoxide rings is 1. The molecule has 2 fully saturated rings. The third-order valence-corrected chi connectivity index (χ3v) is 4.54. The molecule has 1 aliphatic carbocycles. The molecule has 0 aromatic carbocycles. The van der Waals surface area contributed by atoms with Crippen molar-refractivity contribution in [3.05, 3.63) is 23.8 Å². The number of aliphatic hydroxyl groups is 1. The van der Waals surface area contributed by atoms with Crippen molar-refractivity contribution in [2.45, 2.75) is 51.1 Å². The van der Waals surface area contributed by atoms with Gasteiger partial charge >= 0.3 is 5.97 Å². The Morgan fingerprint density at radius 2 is 2.21 bits per heavy atom. The summed E-state index contributed by atoms with van der Waals surface area (Å²) in [6.07, 6.45) is 5.63. The lowest BCUT2D eigenvalue weighted by Crippen LogP contribution is -2.35. The molecule has 2 saturated heterocycles. The van der Waals surface area contributed by atoms with Crippen molar-refractivity contribution in [1.29, 1.82) is 0 Å². The third kappa shape index (κ3) is 2.13. The highest BCUT2D eigenvalue weighted by Crippen LogP contribution is 2.45. The van der Waals surface area contributed by atoms with Gasteiger partial charge in [0.2, 0.25) is 0 Å². The fourth-order valence-corrected chi connectivity index (χ4v) is 3.23. The Morgan fingerprint density at radius 3 is 2.95 bits per heavy atom. The van der Waals surface area contributed by atoms with Gasteiger partial charge in [-0.2, -0.15) is 0 Å². The normalized spacial score (nSPS) is 53.4. The lowest BCUT2D eigenvalue weighted by atomic mass is 9.81. The summed E-state index contributed by atoms with van der Waals surface area (Å²) in [5.74, 6) is -0.677. The Bertz CT molecular complexity index is 467. The van der Waals surface area contributed by atoms with E-state index in [1.54, 1.807) is 0 Å². The van der Waals surface area contributed by atoms with Crippen LogP contribution in [0.2, 0.25) is 0 Å². The number of hydrogen-bond acceptors (Lipinski definition) is 4. The molecule has 2 heterocycles. The lowest BCUT2D eigenvalue weighted by Gasteiger charge is -2.25. The number of carbonyl (C=O) groups excluding carboxylic acids is 1. The minimum absolute atomic E-state index is 0.0652. The van der Waals surface area contributed by atoms with E-state index in [4.69, 9.17) is 9.47 Å². The molecule has 6 atom stereocenters. The van der Waals surface area contributed by atoms with Gasteiger partial charge in [-0.1, -0.05) is 24.6 Å². The van der Waals surface area contributed by atoms with Gasteiger partial charge in [0, 0.05) is 12.3 Å². The fourth-order valence-electron chi connectivity index (χ4n) is 3.23. The average molecular weight is 264 g/mol. The molecule has 1 N–H and O–H groups in total. The average Bonchev–Trinajstić information content (AvgIpc) is 2.86. The standard InChI is InChI=1S/C15H20O4/c1-8-4-5-12-15(3,19-12)7-10(16)13-9(2)14(17)18-11(13)6-8/h4-6,9-13,16H,7H2,1-3H3/b5-4-,8-6-/t9-,10+,11+,12+,13+,15+/m0/s1. The van der Waals surface area contributed by atoms with Gasteiger partial charge in [-0.3, -0.25) is 4.79 Å². The maximum absolute atomic E-state index is 11.7. The quantitative estimate of drug-likeness (QED) is 0.533. The molecule has 0 saturated carbocycles. The topological polar surface area (TPSA) is 59.1 Å². The fraction of sp³-hybridized carbons (Fsp3) is 0.667. The van der Waals surface area contributed by atoms with Crippen LogP contribution in [0.15, 0.2) is 23.8 Å². The van der Waals surface area contributed by atoms with Crippen LogP contribution in [-0.2, 0) is 14.3 Å². The number of ether oxygens (including phenoxy) is 2. The van der Waals surface area contributed by atoms with E-state index in [9.17, 15) is 9.90 Å². The number of allylic oxidation sites excluding steroid dienone is 2. The number of rotatable bonds is 0. The second-order valence-electron chi connectivity index (χ2n) is 6.16. The molecule has 4 nitrogen and oxygen atoms in total. The molecule has 104 valence electrons. The van der Waals surface area contributed by atoms with Crippen LogP contribution in [0.3, 0.4) is 0 Å². The summed E-state index contributed by atoms with van der Waals surface area (Å²) in [6, 6.07) is 0. The van der Waals surface area contributed by atoms with E-state index in [2.05, 4.69) is 0 Å². The third-order valence-electron chi connectivity index (χ3n) is 4.54. The van der Waals surface area contributed by atoms with E-state index < -0.39 is 6.10 Å². The van der Waals surface area contributed by atoms with Crippen LogP contribution < -0.4 is 0 Å². The number of esters is 1. The molecule has 0 amide bonds. The van der Waals surface area contributed by atoms with Crippen LogP contribution in [0, 0.1) is 11.8 Å². The Morgan fingerprint density at radius 1 is 1.47 bits per heavy atom. The second kappa shape index (κ2) is 4.18. The number of carbonyl (C=O) groups is 1. The predicted molar refractivity (Wildman–Crippen MR) is 69.3 cm³/mol. The van der Waals surface area contributed by atoms with Crippen LogP contribution in [0.1, 0.15) is 27.2 Å². The van der Waals surface area contributed by atoms with Crippen molar-refractivity contribution in [3.8, 4) is 0 Å². The van der Waals surface area contributed by atoms with E-state index in [-0.39, 0.29) is 35.6 Å². The molecular formula is C15H20O4. The minimum atomic E-state index is -0.586. The number of hydrogen-bond donors (Lipinski definition) is 1. The highest BCUT2D eigenvalue weighted by Gasteiger charge is 2.55. The van der Waals surface area contributed by atoms with Crippen molar-refractivity contribution >= 4 is 5.97 Å². The van der Waals surface area contributed by atoms with Gasteiger partial charge in [-0.05, 0) is 19.9 Å². The Labute approximate surface area is 113 Å². The second-order valence-corrected chi connectivity index (χ2v) is 6.16. The van der Waals surface area contributed by atoms with Gasteiger partial charge in [-0.25, -0.2) is 0 Å². The van der Waals surface area contributed by atoms with Gasteiger partial charge in [0.25, 0.3) is 0 Å². The van der Waals surface area contributed by atoms with Crippen LogP contribution in [-0.4, -0.2) is 35.0 Å². The van der Waals surface area contributed by atoms with Crippen LogP contribution in [0.4, 0.5) is 0 Å². The maximum atomic E-state index is 11.7. The van der Waals surface area contributed by atoms with Crippen molar-refractivity contribution in [1.82, 2.24) is 0 Å². The van der Waals surface area contributed by atoms with Gasteiger partial charge in [-0.15, -0.1) is 0 Å². The van der Waals surface area contributed by atoms with Gasteiger partial charge in [0.15, 0.2) is 0 Å². The van der Waals surface area contributed by atoms with Crippen LogP contribution >= 0.6 is 0 Å². The summed E-state index contributed by atoms with van der Waals surface area (Å²) in [5, 5.41) is 10.5. The SMILES string of the molecule is CC1=C/[C@H]2OC(=O)[C@@H](C)[C@@H]2[C@H](O)C[C@@]2(C)O[C@@H]2/C=C\1. The van der Waals surface area contributed by atoms with Crippen LogP contribution in [0.25, 0.3) is 0 Å². The van der Waals surface area contributed by atoms with Gasteiger partial charge < -0.3 is 14.6 Å². The molecule has 2 aliphatic heterocycles. The van der Waals surface area contributed by atoms with Gasteiger partial charge in [0.05, 0.1) is 17.6 Å². The summed E-state index contributed by atoms with van der Waals surface area (Å²) in [7, 11) is 0. The summed E-state index contributed by atoms with van der Waals surface area (Å²) >= 11 is 0. The summed E-state index contributed by atoms with van der Waals surface area (Å²) in [6.45, 7) is 5.80. The number of fused-ring (bicyclic) bond motifs is 2. The van der Waals surface area contributed by atoms with Gasteiger partial charge in [0.1, 0.15) is 12.2 Å². The molecule has 0 aromatic heterocycles. The summed E-state index contributed by atoms with van der Waals surface area (Å²) < 4.78 is 11.0. The summed E-state index contributed by atoms with van der Waals surface area (Å²) in [4.78, 5) is 11.7. The molecule has 0 aromatic rings. The highest BCUT2D eigenvalue weighted by atomic mass is 16.6. The molecule has 4 heteroatoms. The summed E-state index contributed by atoms with van der Waals surface area (Å²) in [5.41, 5.74) is 0.729. The molecule has 0 unspecified atom stereocenters. The predicted octanol–water partition coefficient (Wildman–Crippen LogP) is 1.59. The van der Waals surface area contributed by atoms with E-state index in [1.807, 2.05) is 39.0 Å². The smallest absolute Gasteiger partial charge is 0.309 e. The van der Waals surface area contributed by atoms with Crippen molar-refractivity contribution in [2.75, 3.05) is 0 Å². The monoisotopic (exact) mass is 264 g/mol. The Kier molecular flexibility index (Phi) is 2.84. The first-order chi connectivity index (χ1) is 8.90. The molecule has 3 aliphatic rings. The first kappa shape index (κ1) is 12.9. The maximum Gasteiger partial charge on any atom is 0.309 e. The number of aliphatic hydroxyl groups excluding tert-OH is 1. The Hall–Kier alpha value is -1.13. The first-order valence-electron chi connectivity index (χ1n) is 6.84. The van der Waals surface area contributed by atoms with E-state index >= 15 is 0 Å². The lowest BCUT2D eigenvalue weighted by molar-refractivity contribution is -0.142. The molecule has 3 rings (SSSR count). The molecule has 0 spiro atoms. The molecule has 0 bridgehead atoms. The zero-order valence-electron chi connectivity index (χ0n) is 11.5. The van der Waals surface area contributed by atoms with E-state index in [0.29, 0.717) is 6.42 Å². The molecule has 0 radical (unpaired) electrons. The van der Waals surface area contributed by atoms with Crippen molar-refractivity contribution < 1.29 is 19.4 Å². The van der Waals surface area contributed by atoms with Crippen molar-refractivity contribution in [2.24, 2.45) is 11.8 Å². The highest BCUT2D eigenvalue weighted by molar-refractivity contribution is 5.75. The molecule has 19 heavy (non-hydrogen) atoms. The molecular weight excluding hydrogens is 244 g/mol. The largest absolute Gasteiger partial charge is 0.457 e. The minimum Gasteiger partial charge on any atom is -0.457 e. The van der Waals surface area contributed by atoms with Crippen molar-refractivity contribution in [3.63, 3.8) is 0 Å². The zero-order chi connectivity index (χ0) is 13.8.